The molecule has 0 spiro atoms. The maximum absolute atomic E-state index is 4.30. The molecule has 0 bridgehead atoms. The van der Waals surface area contributed by atoms with Crippen LogP contribution in [0.15, 0.2) is 48.8 Å². The predicted octanol–water partition coefficient (Wildman–Crippen LogP) is 3.51. The molecular formula is C13H14N2. The van der Waals surface area contributed by atoms with Crippen LogP contribution in [-0.2, 0) is 0 Å². The van der Waals surface area contributed by atoms with Gasteiger partial charge in [0.1, 0.15) is 0 Å². The first kappa shape index (κ1) is 9.71. The van der Waals surface area contributed by atoms with Gasteiger partial charge >= 0.3 is 0 Å². The summed E-state index contributed by atoms with van der Waals surface area (Å²) in [5.41, 5.74) is 3.41. The summed E-state index contributed by atoms with van der Waals surface area (Å²) in [6, 6.07) is 12.3. The second kappa shape index (κ2) is 4.13. The van der Waals surface area contributed by atoms with Crippen LogP contribution in [0.4, 0.5) is 0 Å². The van der Waals surface area contributed by atoms with Gasteiger partial charge < -0.3 is 4.40 Å². The van der Waals surface area contributed by atoms with Crippen LogP contribution in [0.25, 0.3) is 16.6 Å². The molecule has 3 aromatic heterocycles. The number of fused-ring (bicyclic) bond motifs is 3. The zero-order chi connectivity index (χ0) is 10.7. The molecule has 0 atom stereocenters. The molecule has 2 heteroatoms. The molecule has 15 heavy (non-hydrogen) atoms. The van der Waals surface area contributed by atoms with E-state index in [1.807, 2.05) is 38.2 Å². The largest absolute Gasteiger partial charge is 0.315 e. The first-order valence-corrected chi connectivity index (χ1v) is 5.26. The molecule has 0 aromatic carbocycles. The Balaban J connectivity index is 0.000000404. The maximum Gasteiger partial charge on any atom is 0.0890 e. The van der Waals surface area contributed by atoms with Gasteiger partial charge in [0.05, 0.1) is 11.0 Å². The lowest BCUT2D eigenvalue weighted by Crippen LogP contribution is -1.80. The molecule has 0 fully saturated rings. The Kier molecular flexibility index (Phi) is 2.68. The van der Waals surface area contributed by atoms with Gasteiger partial charge in [0, 0.05) is 17.9 Å². The van der Waals surface area contributed by atoms with Gasteiger partial charge in [-0.05, 0) is 30.3 Å². The Hall–Kier alpha value is -1.83. The van der Waals surface area contributed by atoms with E-state index in [2.05, 4.69) is 33.8 Å². The Labute approximate surface area is 89.2 Å². The standard InChI is InChI=1S/C11H8N2.C2H6/c1-2-7-13-9(4-1)8-10-11(13)5-3-6-12-10;1-2/h1-8H;1-2H3. The lowest BCUT2D eigenvalue weighted by atomic mass is 10.4. The van der Waals surface area contributed by atoms with Crippen molar-refractivity contribution in [3.05, 3.63) is 48.8 Å². The molecule has 0 N–H and O–H groups in total. The highest BCUT2D eigenvalue weighted by atomic mass is 14.9. The summed E-state index contributed by atoms with van der Waals surface area (Å²) in [5, 5.41) is 0. The van der Waals surface area contributed by atoms with Gasteiger partial charge in [0.2, 0.25) is 0 Å². The Morgan fingerprint density at radius 1 is 1.07 bits per heavy atom. The van der Waals surface area contributed by atoms with E-state index < -0.39 is 0 Å². The van der Waals surface area contributed by atoms with Crippen molar-refractivity contribution >= 4 is 16.6 Å². The molecule has 0 aliphatic heterocycles. The Morgan fingerprint density at radius 2 is 1.93 bits per heavy atom. The SMILES string of the molecule is CC.c1ccn2c(c1)cc1ncccc12. The zero-order valence-corrected chi connectivity index (χ0v) is 9.01. The summed E-state index contributed by atoms with van der Waals surface area (Å²) in [5.74, 6) is 0. The molecule has 0 amide bonds. The van der Waals surface area contributed by atoms with E-state index in [-0.39, 0.29) is 0 Å². The number of hydrogen-bond acceptors (Lipinski definition) is 1. The van der Waals surface area contributed by atoms with E-state index in [4.69, 9.17) is 0 Å². The average molecular weight is 198 g/mol. The lowest BCUT2D eigenvalue weighted by molar-refractivity contribution is 1.25. The topological polar surface area (TPSA) is 17.3 Å². The van der Waals surface area contributed by atoms with E-state index in [0.29, 0.717) is 0 Å². The Bertz CT molecular complexity index is 516. The van der Waals surface area contributed by atoms with Crippen molar-refractivity contribution < 1.29 is 0 Å². The van der Waals surface area contributed by atoms with E-state index in [1.165, 1.54) is 5.52 Å². The Morgan fingerprint density at radius 3 is 2.80 bits per heavy atom. The molecule has 76 valence electrons. The van der Waals surface area contributed by atoms with Crippen molar-refractivity contribution in [2.45, 2.75) is 13.8 Å². The monoisotopic (exact) mass is 198 g/mol. The summed E-state index contributed by atoms with van der Waals surface area (Å²) in [4.78, 5) is 4.30. The lowest BCUT2D eigenvalue weighted by Gasteiger charge is -1.93. The highest BCUT2D eigenvalue weighted by molar-refractivity contribution is 5.83. The van der Waals surface area contributed by atoms with E-state index >= 15 is 0 Å². The van der Waals surface area contributed by atoms with Crippen LogP contribution in [-0.4, -0.2) is 9.38 Å². The third kappa shape index (κ3) is 1.59. The van der Waals surface area contributed by atoms with Gasteiger partial charge in [-0.2, -0.15) is 0 Å². The quantitative estimate of drug-likeness (QED) is 0.540. The first-order chi connectivity index (χ1) is 7.45. The molecule has 0 aliphatic rings. The second-order valence-electron chi connectivity index (χ2n) is 3.05. The number of aromatic nitrogens is 2. The fourth-order valence-corrected chi connectivity index (χ4v) is 1.66. The van der Waals surface area contributed by atoms with Crippen molar-refractivity contribution in [2.75, 3.05) is 0 Å². The fourth-order valence-electron chi connectivity index (χ4n) is 1.66. The van der Waals surface area contributed by atoms with Gasteiger partial charge in [0.25, 0.3) is 0 Å². The van der Waals surface area contributed by atoms with E-state index in [9.17, 15) is 0 Å². The number of rotatable bonds is 0. The molecule has 2 nitrogen and oxygen atoms in total. The molecule has 0 aliphatic carbocycles. The van der Waals surface area contributed by atoms with Crippen molar-refractivity contribution in [3.63, 3.8) is 0 Å². The minimum Gasteiger partial charge on any atom is -0.315 e. The van der Waals surface area contributed by atoms with Crippen molar-refractivity contribution in [2.24, 2.45) is 0 Å². The van der Waals surface area contributed by atoms with Gasteiger partial charge in [-0.1, -0.05) is 19.9 Å². The van der Waals surface area contributed by atoms with Crippen LogP contribution in [0.3, 0.4) is 0 Å². The van der Waals surface area contributed by atoms with Crippen molar-refractivity contribution in [1.82, 2.24) is 9.38 Å². The number of hydrogen-bond donors (Lipinski definition) is 0. The second-order valence-corrected chi connectivity index (χ2v) is 3.05. The maximum atomic E-state index is 4.30. The van der Waals surface area contributed by atoms with Crippen LogP contribution in [0.1, 0.15) is 13.8 Å². The molecule has 3 aromatic rings. The molecule has 3 heterocycles. The summed E-state index contributed by atoms with van der Waals surface area (Å²) in [7, 11) is 0. The number of pyridine rings is 2. The molecule has 0 radical (unpaired) electrons. The average Bonchev–Trinajstić information content (AvgIpc) is 2.70. The third-order valence-corrected chi connectivity index (χ3v) is 2.25. The molecule has 0 unspecified atom stereocenters. The van der Waals surface area contributed by atoms with Crippen molar-refractivity contribution in [3.8, 4) is 0 Å². The van der Waals surface area contributed by atoms with E-state index in [0.717, 1.165) is 11.0 Å². The summed E-state index contributed by atoms with van der Waals surface area (Å²) in [6.45, 7) is 4.00. The highest BCUT2D eigenvalue weighted by Gasteiger charge is 1.99. The first-order valence-electron chi connectivity index (χ1n) is 5.26. The number of nitrogens with zero attached hydrogens (tertiary/aromatic N) is 2. The fraction of sp³-hybridized carbons (Fsp3) is 0.154. The van der Waals surface area contributed by atoms with Gasteiger partial charge in [-0.3, -0.25) is 4.98 Å². The van der Waals surface area contributed by atoms with Crippen LogP contribution in [0.2, 0.25) is 0 Å². The minimum absolute atomic E-state index is 1.05. The van der Waals surface area contributed by atoms with Crippen molar-refractivity contribution in [1.29, 1.82) is 0 Å². The zero-order valence-electron chi connectivity index (χ0n) is 9.01. The van der Waals surface area contributed by atoms with Gasteiger partial charge in [-0.25, -0.2) is 0 Å². The minimum atomic E-state index is 1.05. The van der Waals surface area contributed by atoms with Gasteiger partial charge in [-0.15, -0.1) is 0 Å². The molecule has 0 saturated carbocycles. The summed E-state index contributed by atoms with van der Waals surface area (Å²) in [6.07, 6.45) is 3.88. The van der Waals surface area contributed by atoms with Crippen LogP contribution in [0, 0.1) is 0 Å². The molecule has 0 saturated heterocycles. The highest BCUT2D eigenvalue weighted by Crippen LogP contribution is 2.16. The van der Waals surface area contributed by atoms with Crippen LogP contribution in [0.5, 0.6) is 0 Å². The van der Waals surface area contributed by atoms with Gasteiger partial charge in [0.15, 0.2) is 0 Å². The predicted molar refractivity (Wildman–Crippen MR) is 64.0 cm³/mol. The van der Waals surface area contributed by atoms with Crippen LogP contribution < -0.4 is 0 Å². The van der Waals surface area contributed by atoms with E-state index in [1.54, 1.807) is 0 Å². The van der Waals surface area contributed by atoms with Crippen LogP contribution >= 0.6 is 0 Å². The third-order valence-electron chi connectivity index (χ3n) is 2.25. The summed E-state index contributed by atoms with van der Waals surface area (Å²) >= 11 is 0. The normalized spacial score (nSPS) is 10.0. The molecule has 3 rings (SSSR count). The smallest absolute Gasteiger partial charge is 0.0890 e. The molecular weight excluding hydrogens is 184 g/mol. The summed E-state index contributed by atoms with van der Waals surface area (Å²) < 4.78 is 2.14.